The number of carbonyl (C=O) groups is 1. The van der Waals surface area contributed by atoms with E-state index in [1.807, 2.05) is 36.4 Å². The van der Waals surface area contributed by atoms with Crippen LogP contribution in [0.25, 0.3) is 11.0 Å². The molecule has 3 aromatic rings. The van der Waals surface area contributed by atoms with E-state index in [0.29, 0.717) is 13.0 Å². The van der Waals surface area contributed by atoms with Crippen molar-refractivity contribution in [1.82, 2.24) is 5.32 Å². The quantitative estimate of drug-likeness (QED) is 0.595. The highest BCUT2D eigenvalue weighted by atomic mass is 16.5. The maximum atomic E-state index is 12.6. The van der Waals surface area contributed by atoms with Gasteiger partial charge in [0.1, 0.15) is 11.3 Å². The summed E-state index contributed by atoms with van der Waals surface area (Å²) in [4.78, 5) is 12.6. The molecule has 1 aromatic heterocycles. The van der Waals surface area contributed by atoms with Crippen LogP contribution in [0.15, 0.2) is 52.9 Å². The Bertz CT molecular complexity index is 1030. The largest absolute Gasteiger partial charge is 0.493 e. The first-order valence-electron chi connectivity index (χ1n) is 11.3. The molecule has 1 saturated heterocycles. The van der Waals surface area contributed by atoms with Gasteiger partial charge < -0.3 is 19.2 Å². The number of piperidine rings is 1. The standard InChI is InChI=1S/C26H29NO4/c1-29-24-11-10-17(15-25(24)30-21-7-3-4-8-21)20-12-19(26(28)27-16-20)14-22-13-18-6-2-5-9-23(18)31-22/h2,5-6,9-11,13,15,19-21H,3-4,7-8,12,14,16H2,1H3,(H,27,28)/t19-,20-/m1/s1. The van der Waals surface area contributed by atoms with Gasteiger partial charge in [0, 0.05) is 30.2 Å². The number of fused-ring (bicyclic) bond motifs is 1. The van der Waals surface area contributed by atoms with Crippen LogP contribution in [-0.2, 0) is 11.2 Å². The number of rotatable bonds is 6. The molecule has 1 N–H and O–H groups in total. The van der Waals surface area contributed by atoms with Crippen molar-refractivity contribution in [3.8, 4) is 11.5 Å². The molecule has 2 aromatic carbocycles. The molecule has 1 saturated carbocycles. The molecule has 1 aliphatic heterocycles. The first kappa shape index (κ1) is 20.0. The highest BCUT2D eigenvalue weighted by Gasteiger charge is 2.31. The minimum absolute atomic E-state index is 0.104. The van der Waals surface area contributed by atoms with Gasteiger partial charge in [-0.25, -0.2) is 0 Å². The summed E-state index contributed by atoms with van der Waals surface area (Å²) < 4.78 is 17.8. The molecule has 2 aliphatic rings. The molecule has 0 unspecified atom stereocenters. The predicted molar refractivity (Wildman–Crippen MR) is 120 cm³/mol. The van der Waals surface area contributed by atoms with E-state index in [0.717, 1.165) is 47.5 Å². The zero-order valence-corrected chi connectivity index (χ0v) is 17.9. The Morgan fingerprint density at radius 3 is 2.71 bits per heavy atom. The molecule has 1 amide bonds. The maximum absolute atomic E-state index is 12.6. The molecular weight excluding hydrogens is 390 g/mol. The van der Waals surface area contributed by atoms with Gasteiger partial charge in [-0.15, -0.1) is 0 Å². The third kappa shape index (κ3) is 4.27. The van der Waals surface area contributed by atoms with Crippen molar-refractivity contribution in [1.29, 1.82) is 0 Å². The van der Waals surface area contributed by atoms with Crippen molar-refractivity contribution in [3.05, 3.63) is 59.9 Å². The van der Waals surface area contributed by atoms with Gasteiger partial charge in [-0.05, 0) is 61.9 Å². The van der Waals surface area contributed by atoms with Crippen molar-refractivity contribution in [2.24, 2.45) is 5.92 Å². The van der Waals surface area contributed by atoms with Crippen LogP contribution in [0.4, 0.5) is 0 Å². The lowest BCUT2D eigenvalue weighted by Gasteiger charge is -2.29. The molecule has 31 heavy (non-hydrogen) atoms. The molecule has 5 heteroatoms. The zero-order valence-electron chi connectivity index (χ0n) is 17.9. The number of ether oxygens (including phenoxy) is 2. The summed E-state index contributed by atoms with van der Waals surface area (Å²) in [6.45, 7) is 0.644. The smallest absolute Gasteiger partial charge is 0.223 e. The Balaban J connectivity index is 1.33. The Kier molecular flexibility index (Phi) is 5.58. The summed E-state index contributed by atoms with van der Waals surface area (Å²) in [5, 5.41) is 4.18. The summed E-state index contributed by atoms with van der Waals surface area (Å²) in [5.74, 6) is 2.69. The van der Waals surface area contributed by atoms with Crippen molar-refractivity contribution in [3.63, 3.8) is 0 Å². The van der Waals surface area contributed by atoms with Crippen LogP contribution in [0.5, 0.6) is 11.5 Å². The average Bonchev–Trinajstić information content (AvgIpc) is 3.44. The summed E-state index contributed by atoms with van der Waals surface area (Å²) in [6, 6.07) is 16.2. The van der Waals surface area contributed by atoms with Gasteiger partial charge in [-0.1, -0.05) is 24.3 Å². The highest BCUT2D eigenvalue weighted by molar-refractivity contribution is 5.81. The Hall–Kier alpha value is -2.95. The second kappa shape index (κ2) is 8.66. The lowest BCUT2D eigenvalue weighted by atomic mass is 9.83. The molecule has 2 fully saturated rings. The van der Waals surface area contributed by atoms with Crippen LogP contribution in [0.3, 0.4) is 0 Å². The Morgan fingerprint density at radius 1 is 1.06 bits per heavy atom. The Morgan fingerprint density at radius 2 is 1.90 bits per heavy atom. The maximum Gasteiger partial charge on any atom is 0.223 e. The molecule has 2 atom stereocenters. The first-order valence-corrected chi connectivity index (χ1v) is 11.3. The van der Waals surface area contributed by atoms with Gasteiger partial charge in [0.15, 0.2) is 11.5 Å². The van der Waals surface area contributed by atoms with Gasteiger partial charge in [-0.3, -0.25) is 4.79 Å². The van der Waals surface area contributed by atoms with E-state index in [9.17, 15) is 4.79 Å². The fraction of sp³-hybridized carbons (Fsp3) is 0.423. The van der Waals surface area contributed by atoms with Crippen LogP contribution >= 0.6 is 0 Å². The minimum Gasteiger partial charge on any atom is -0.493 e. The van der Waals surface area contributed by atoms with Crippen molar-refractivity contribution in [2.75, 3.05) is 13.7 Å². The zero-order chi connectivity index (χ0) is 21.2. The number of methoxy groups -OCH3 is 1. The molecule has 0 radical (unpaired) electrons. The lowest BCUT2D eigenvalue weighted by molar-refractivity contribution is -0.127. The predicted octanol–water partition coefficient (Wildman–Crippen LogP) is 5.23. The van der Waals surface area contributed by atoms with Gasteiger partial charge in [0.05, 0.1) is 13.2 Å². The number of hydrogen-bond donors (Lipinski definition) is 1. The number of amides is 1. The molecule has 2 heterocycles. The van der Waals surface area contributed by atoms with E-state index in [-0.39, 0.29) is 23.8 Å². The summed E-state index contributed by atoms with van der Waals surface area (Å²) in [7, 11) is 1.68. The molecule has 5 nitrogen and oxygen atoms in total. The summed E-state index contributed by atoms with van der Waals surface area (Å²) >= 11 is 0. The molecule has 5 rings (SSSR count). The number of furan rings is 1. The van der Waals surface area contributed by atoms with Crippen LogP contribution in [0.1, 0.15) is 49.3 Å². The second-order valence-electron chi connectivity index (χ2n) is 8.76. The van der Waals surface area contributed by atoms with E-state index in [1.54, 1.807) is 7.11 Å². The molecule has 1 aliphatic carbocycles. The van der Waals surface area contributed by atoms with Gasteiger partial charge in [0.2, 0.25) is 5.91 Å². The van der Waals surface area contributed by atoms with Crippen LogP contribution < -0.4 is 14.8 Å². The van der Waals surface area contributed by atoms with Crippen LogP contribution in [-0.4, -0.2) is 25.7 Å². The first-order chi connectivity index (χ1) is 15.2. The fourth-order valence-electron chi connectivity index (χ4n) is 4.94. The van der Waals surface area contributed by atoms with E-state index < -0.39 is 0 Å². The minimum atomic E-state index is -0.111. The second-order valence-corrected chi connectivity index (χ2v) is 8.76. The van der Waals surface area contributed by atoms with E-state index in [2.05, 4.69) is 17.4 Å². The Labute approximate surface area is 182 Å². The average molecular weight is 420 g/mol. The number of benzene rings is 2. The summed E-state index contributed by atoms with van der Waals surface area (Å²) in [5.41, 5.74) is 2.05. The molecular formula is C26H29NO4. The third-order valence-corrected chi connectivity index (χ3v) is 6.64. The van der Waals surface area contributed by atoms with Crippen LogP contribution in [0.2, 0.25) is 0 Å². The van der Waals surface area contributed by atoms with Crippen molar-refractivity contribution in [2.45, 2.75) is 50.5 Å². The van der Waals surface area contributed by atoms with Gasteiger partial charge in [-0.2, -0.15) is 0 Å². The SMILES string of the molecule is COc1ccc([C@H]2CNC(=O)[C@@H](Cc3cc4ccccc4o3)C2)cc1OC1CCCC1. The molecule has 0 bridgehead atoms. The number of para-hydroxylation sites is 1. The van der Waals surface area contributed by atoms with E-state index in [4.69, 9.17) is 13.9 Å². The van der Waals surface area contributed by atoms with Gasteiger partial charge in [0.25, 0.3) is 0 Å². The molecule has 0 spiro atoms. The van der Waals surface area contributed by atoms with Crippen molar-refractivity contribution >= 4 is 16.9 Å². The lowest BCUT2D eigenvalue weighted by Crippen LogP contribution is -2.41. The number of hydrogen-bond acceptors (Lipinski definition) is 4. The molecule has 162 valence electrons. The number of nitrogens with one attached hydrogen (secondary N) is 1. The normalized spacial score (nSPS) is 21.9. The third-order valence-electron chi connectivity index (χ3n) is 6.64. The van der Waals surface area contributed by atoms with Crippen molar-refractivity contribution < 1.29 is 18.7 Å². The van der Waals surface area contributed by atoms with Crippen LogP contribution in [0, 0.1) is 5.92 Å². The highest BCUT2D eigenvalue weighted by Crippen LogP contribution is 2.37. The topological polar surface area (TPSA) is 60.7 Å². The van der Waals surface area contributed by atoms with Gasteiger partial charge >= 0.3 is 0 Å². The monoisotopic (exact) mass is 419 g/mol. The fourth-order valence-corrected chi connectivity index (χ4v) is 4.94. The van der Waals surface area contributed by atoms with E-state index in [1.165, 1.54) is 18.4 Å². The summed E-state index contributed by atoms with van der Waals surface area (Å²) in [6.07, 6.45) is 6.33. The van der Waals surface area contributed by atoms with E-state index >= 15 is 0 Å². The number of carbonyl (C=O) groups excluding carboxylic acids is 1.